The van der Waals surface area contributed by atoms with Crippen molar-refractivity contribution in [3.63, 3.8) is 0 Å². The van der Waals surface area contributed by atoms with Crippen LogP contribution in [0.1, 0.15) is 25.0 Å². The average Bonchev–Trinajstić information content (AvgIpc) is 2.67. The second-order valence-electron chi connectivity index (χ2n) is 6.53. The van der Waals surface area contributed by atoms with Crippen LogP contribution in [-0.2, 0) is 0 Å². The minimum absolute atomic E-state index is 0.308. The summed E-state index contributed by atoms with van der Waals surface area (Å²) >= 11 is 0. The maximum absolute atomic E-state index is 6.00. The highest BCUT2D eigenvalue weighted by Gasteiger charge is 2.35. The van der Waals surface area contributed by atoms with Gasteiger partial charge in [0.05, 0.1) is 6.04 Å². The van der Waals surface area contributed by atoms with Crippen molar-refractivity contribution < 1.29 is 0 Å². The fourth-order valence-electron chi connectivity index (χ4n) is 3.78. The Hall–Kier alpha value is -2.65. The third-order valence-electron chi connectivity index (χ3n) is 4.98. The lowest BCUT2D eigenvalue weighted by Crippen LogP contribution is -2.58. The number of anilines is 2. The number of hydrogen-bond donors (Lipinski definition) is 1. The van der Waals surface area contributed by atoms with Crippen LogP contribution in [0.15, 0.2) is 36.8 Å². The van der Waals surface area contributed by atoms with Crippen molar-refractivity contribution in [2.45, 2.75) is 31.3 Å². The maximum Gasteiger partial charge on any atom is 0.171 e. The fraction of sp³-hybridized carbons (Fsp3) is 0.421. The molecule has 2 N–H and O–H groups in total. The van der Waals surface area contributed by atoms with Crippen LogP contribution < -0.4 is 10.6 Å². The topological polar surface area (TPSA) is 71.2 Å². The number of aromatic nitrogens is 3. The van der Waals surface area contributed by atoms with Crippen molar-refractivity contribution >= 4 is 11.6 Å². The highest BCUT2D eigenvalue weighted by atomic mass is 15.3. The van der Waals surface area contributed by atoms with Gasteiger partial charge in [-0.15, -0.1) is 0 Å². The summed E-state index contributed by atoms with van der Waals surface area (Å²) in [5.41, 5.74) is 6.84. The Morgan fingerprint density at radius 1 is 1.04 bits per heavy atom. The van der Waals surface area contributed by atoms with Gasteiger partial charge in [0.25, 0.3) is 0 Å². The van der Waals surface area contributed by atoms with E-state index in [0.717, 1.165) is 37.6 Å². The quantitative estimate of drug-likeness (QED) is 0.798. The molecule has 2 aromatic rings. The Kier molecular flexibility index (Phi) is 4.49. The van der Waals surface area contributed by atoms with Crippen LogP contribution in [0.2, 0.25) is 0 Å². The molecule has 128 valence electrons. The van der Waals surface area contributed by atoms with Crippen LogP contribution in [0.4, 0.5) is 11.6 Å². The predicted octanol–water partition coefficient (Wildman–Crippen LogP) is 1.55. The highest BCUT2D eigenvalue weighted by Crippen LogP contribution is 2.29. The van der Waals surface area contributed by atoms with Gasteiger partial charge in [0.1, 0.15) is 5.69 Å². The summed E-state index contributed by atoms with van der Waals surface area (Å²) in [5.74, 6) is 8.01. The van der Waals surface area contributed by atoms with E-state index in [9.17, 15) is 0 Å². The van der Waals surface area contributed by atoms with Crippen molar-refractivity contribution in [1.29, 1.82) is 0 Å². The molecular formula is C19H22N6. The van der Waals surface area contributed by atoms with E-state index >= 15 is 0 Å². The molecule has 0 radical (unpaired) electrons. The summed E-state index contributed by atoms with van der Waals surface area (Å²) in [4.78, 5) is 17.7. The molecule has 2 aliphatic rings. The van der Waals surface area contributed by atoms with Crippen LogP contribution in [0.3, 0.4) is 0 Å². The van der Waals surface area contributed by atoms with E-state index in [2.05, 4.69) is 36.6 Å². The molecule has 2 atom stereocenters. The summed E-state index contributed by atoms with van der Waals surface area (Å²) in [5, 5.41) is 0. The molecule has 0 aromatic carbocycles. The molecule has 25 heavy (non-hydrogen) atoms. The summed E-state index contributed by atoms with van der Waals surface area (Å²) in [6.45, 7) is 2.81. The minimum atomic E-state index is 0.308. The SMILES string of the molecule is Nc1nccnc1N1CCN2[C@@H](CCC[C@@H]2C#Cc2ccccn2)C1. The number of nitrogens with zero attached hydrogens (tertiary/aromatic N) is 5. The van der Waals surface area contributed by atoms with Crippen molar-refractivity contribution in [1.82, 2.24) is 19.9 Å². The number of nitrogen functional groups attached to an aromatic ring is 1. The van der Waals surface area contributed by atoms with Crippen LogP contribution in [0.5, 0.6) is 0 Å². The first-order valence-electron chi connectivity index (χ1n) is 8.81. The first-order valence-corrected chi connectivity index (χ1v) is 8.81. The van der Waals surface area contributed by atoms with Gasteiger partial charge in [-0.25, -0.2) is 15.0 Å². The van der Waals surface area contributed by atoms with Gasteiger partial charge in [0.15, 0.2) is 11.6 Å². The third-order valence-corrected chi connectivity index (χ3v) is 4.98. The first kappa shape index (κ1) is 15.9. The average molecular weight is 334 g/mol. The number of piperidine rings is 1. The molecule has 2 aromatic heterocycles. The van der Waals surface area contributed by atoms with E-state index < -0.39 is 0 Å². The molecule has 0 spiro atoms. The lowest BCUT2D eigenvalue weighted by molar-refractivity contribution is 0.100. The van der Waals surface area contributed by atoms with E-state index in [1.54, 1.807) is 18.6 Å². The van der Waals surface area contributed by atoms with Crippen molar-refractivity contribution in [3.05, 3.63) is 42.5 Å². The van der Waals surface area contributed by atoms with E-state index in [1.807, 2.05) is 18.2 Å². The highest BCUT2D eigenvalue weighted by molar-refractivity contribution is 5.57. The summed E-state index contributed by atoms with van der Waals surface area (Å²) in [6, 6.07) is 6.65. The van der Waals surface area contributed by atoms with Crippen molar-refractivity contribution in [2.75, 3.05) is 30.3 Å². The molecule has 0 unspecified atom stereocenters. The molecule has 2 fully saturated rings. The number of fused-ring (bicyclic) bond motifs is 1. The molecule has 2 aliphatic heterocycles. The maximum atomic E-state index is 6.00. The standard InChI is InChI=1S/C19H22N6/c20-18-19(23-11-10-22-18)24-12-13-25-16(5-3-6-17(25)14-24)8-7-15-4-1-2-9-21-15/h1-2,4,9-11,16-17H,3,5-6,12-14H2,(H2,20,22)/t16-,17+/m1/s1. The fourth-order valence-corrected chi connectivity index (χ4v) is 3.78. The number of piperazine rings is 1. The Bertz CT molecular complexity index is 781. The second-order valence-corrected chi connectivity index (χ2v) is 6.53. The molecule has 0 saturated carbocycles. The number of hydrogen-bond acceptors (Lipinski definition) is 6. The van der Waals surface area contributed by atoms with Gasteiger partial charge in [-0.05, 0) is 37.3 Å². The zero-order valence-corrected chi connectivity index (χ0v) is 14.2. The monoisotopic (exact) mass is 334 g/mol. The van der Waals surface area contributed by atoms with E-state index in [-0.39, 0.29) is 0 Å². The van der Waals surface area contributed by atoms with E-state index in [0.29, 0.717) is 17.9 Å². The summed E-state index contributed by atoms with van der Waals surface area (Å²) in [7, 11) is 0. The summed E-state index contributed by atoms with van der Waals surface area (Å²) in [6.07, 6.45) is 8.66. The second kappa shape index (κ2) is 7.08. The van der Waals surface area contributed by atoms with Gasteiger partial charge >= 0.3 is 0 Å². The molecular weight excluding hydrogens is 312 g/mol. The molecule has 6 nitrogen and oxygen atoms in total. The van der Waals surface area contributed by atoms with Crippen molar-refractivity contribution in [3.8, 4) is 11.8 Å². The zero-order valence-electron chi connectivity index (χ0n) is 14.2. The van der Waals surface area contributed by atoms with Crippen LogP contribution in [0, 0.1) is 11.8 Å². The number of rotatable bonds is 1. The molecule has 0 amide bonds. The molecule has 4 heterocycles. The Morgan fingerprint density at radius 2 is 1.96 bits per heavy atom. The zero-order chi connectivity index (χ0) is 17.1. The lowest BCUT2D eigenvalue weighted by Gasteiger charge is -2.47. The smallest absolute Gasteiger partial charge is 0.171 e. The van der Waals surface area contributed by atoms with E-state index in [4.69, 9.17) is 5.73 Å². The van der Waals surface area contributed by atoms with E-state index in [1.165, 1.54) is 12.8 Å². The van der Waals surface area contributed by atoms with Gasteiger partial charge in [-0.1, -0.05) is 12.0 Å². The predicted molar refractivity (Wildman–Crippen MR) is 97.9 cm³/mol. The van der Waals surface area contributed by atoms with Gasteiger partial charge < -0.3 is 10.6 Å². The van der Waals surface area contributed by atoms with Gasteiger partial charge in [0, 0.05) is 44.3 Å². The number of pyridine rings is 1. The largest absolute Gasteiger partial charge is 0.381 e. The molecule has 4 rings (SSSR count). The Labute approximate surface area is 148 Å². The van der Waals surface area contributed by atoms with Gasteiger partial charge in [-0.3, -0.25) is 4.90 Å². The normalized spacial score (nSPS) is 23.4. The molecule has 0 aliphatic carbocycles. The van der Waals surface area contributed by atoms with Gasteiger partial charge in [-0.2, -0.15) is 0 Å². The molecule has 6 heteroatoms. The van der Waals surface area contributed by atoms with Crippen molar-refractivity contribution in [2.24, 2.45) is 0 Å². The number of nitrogens with two attached hydrogens (primary N) is 1. The van der Waals surface area contributed by atoms with Crippen LogP contribution in [0.25, 0.3) is 0 Å². The van der Waals surface area contributed by atoms with Gasteiger partial charge in [0.2, 0.25) is 0 Å². The summed E-state index contributed by atoms with van der Waals surface area (Å²) < 4.78 is 0. The van der Waals surface area contributed by atoms with Crippen LogP contribution in [-0.4, -0.2) is 51.6 Å². The lowest BCUT2D eigenvalue weighted by atomic mass is 9.93. The first-order chi connectivity index (χ1) is 12.3. The Morgan fingerprint density at radius 3 is 2.80 bits per heavy atom. The van der Waals surface area contributed by atoms with Crippen LogP contribution >= 0.6 is 0 Å². The minimum Gasteiger partial charge on any atom is -0.381 e. The molecule has 0 bridgehead atoms. The molecule has 2 saturated heterocycles. The third kappa shape index (κ3) is 3.42. The Balaban J connectivity index is 1.48.